The Kier molecular flexibility index (Phi) is 10.2. The minimum absolute atomic E-state index is 0.0211. The number of ketones is 2. The number of amides is 5. The second-order valence-electron chi connectivity index (χ2n) is 21.3. The predicted molar refractivity (Wildman–Crippen MR) is 227 cm³/mol. The van der Waals surface area contributed by atoms with E-state index in [1.54, 1.807) is 18.2 Å². The number of unbranched alkanes of at least 4 members (excludes halogenated alkanes) is 2. The third-order valence-electron chi connectivity index (χ3n) is 17.2. The van der Waals surface area contributed by atoms with Crippen LogP contribution in [0.4, 0.5) is 5.69 Å². The standard InChI is InChI=1S/C49H61N5O7/c1-44(2)18-20-49(43(61)52-23-10-8-9-22-51-31-13-11-12-29-37(31)42(60)54(41(29)59)32-14-15-36(56)53-40(32)58)21-19-48(7)38(30(49)26-44)33(55)24-35-46(5)25-28(27-50)39(57)45(3,4)34(46)16-17-47(35,48)6/h11-13,24-25,30,32,34,38,51H,8-10,14-23,26H2,1-7H3,(H,52,61)(H,53,56,58)/t30-,32?,34-,38-,46-,47+,48+,49-/m0/s1. The van der Waals surface area contributed by atoms with Gasteiger partial charge in [-0.1, -0.05) is 66.2 Å². The van der Waals surface area contributed by atoms with Gasteiger partial charge in [-0.25, -0.2) is 0 Å². The zero-order chi connectivity index (χ0) is 44.1. The number of hydrogen-bond acceptors (Lipinski definition) is 9. The van der Waals surface area contributed by atoms with E-state index >= 15 is 0 Å². The minimum Gasteiger partial charge on any atom is -0.384 e. The van der Waals surface area contributed by atoms with Gasteiger partial charge in [0.05, 0.1) is 22.1 Å². The number of rotatable bonds is 9. The van der Waals surface area contributed by atoms with E-state index in [1.165, 1.54) is 0 Å². The molecule has 1 aromatic carbocycles. The summed E-state index contributed by atoms with van der Waals surface area (Å²) in [6, 6.07) is 6.19. The van der Waals surface area contributed by atoms with Crippen molar-refractivity contribution < 1.29 is 33.6 Å². The lowest BCUT2D eigenvalue weighted by Gasteiger charge is -2.69. The number of imide groups is 2. The van der Waals surface area contributed by atoms with Crippen molar-refractivity contribution in [2.24, 2.45) is 50.2 Å². The number of nitrogens with zero attached hydrogens (tertiary/aromatic N) is 2. The Morgan fingerprint density at radius 3 is 2.33 bits per heavy atom. The van der Waals surface area contributed by atoms with Crippen LogP contribution in [-0.4, -0.2) is 65.1 Å². The van der Waals surface area contributed by atoms with Crippen molar-refractivity contribution in [1.82, 2.24) is 15.5 Å². The highest BCUT2D eigenvalue weighted by molar-refractivity contribution is 6.25. The van der Waals surface area contributed by atoms with Crippen LogP contribution < -0.4 is 16.0 Å². The van der Waals surface area contributed by atoms with Gasteiger partial charge in [-0.15, -0.1) is 0 Å². The summed E-state index contributed by atoms with van der Waals surface area (Å²) in [7, 11) is 0. The van der Waals surface area contributed by atoms with E-state index in [0.29, 0.717) is 25.2 Å². The molecule has 12 nitrogen and oxygen atoms in total. The quantitative estimate of drug-likeness (QED) is 0.174. The first-order valence-electron chi connectivity index (χ1n) is 22.5. The molecular formula is C49H61N5O7. The molecule has 0 bridgehead atoms. The van der Waals surface area contributed by atoms with Crippen molar-refractivity contribution in [1.29, 1.82) is 5.26 Å². The van der Waals surface area contributed by atoms with Gasteiger partial charge in [0, 0.05) is 41.9 Å². The van der Waals surface area contributed by atoms with Gasteiger partial charge in [0.25, 0.3) is 11.8 Å². The molecule has 1 aromatic rings. The van der Waals surface area contributed by atoms with E-state index in [-0.39, 0.29) is 75.6 Å². The van der Waals surface area contributed by atoms with Crippen molar-refractivity contribution in [3.05, 3.63) is 52.6 Å². The minimum atomic E-state index is -1.03. The molecule has 324 valence electrons. The summed E-state index contributed by atoms with van der Waals surface area (Å²) in [4.78, 5) is 94.8. The maximum Gasteiger partial charge on any atom is 0.264 e. The number of carbonyl (C=O) groups excluding carboxylic acids is 7. The van der Waals surface area contributed by atoms with Gasteiger partial charge >= 0.3 is 0 Å². The molecule has 8 atom stereocenters. The van der Waals surface area contributed by atoms with Crippen LogP contribution in [0.15, 0.2) is 41.5 Å². The first-order valence-corrected chi connectivity index (χ1v) is 22.5. The number of anilines is 1. The summed E-state index contributed by atoms with van der Waals surface area (Å²) in [5, 5.41) is 18.9. The lowest BCUT2D eigenvalue weighted by Crippen LogP contribution is -2.66. The maximum atomic E-state index is 14.9. The van der Waals surface area contributed by atoms with E-state index in [4.69, 9.17) is 0 Å². The molecule has 2 aliphatic heterocycles. The van der Waals surface area contributed by atoms with E-state index in [1.807, 2.05) is 26.0 Å². The lowest BCUT2D eigenvalue weighted by molar-refractivity contribution is -0.178. The average Bonchev–Trinajstić information content (AvgIpc) is 3.45. The second kappa shape index (κ2) is 14.6. The third-order valence-corrected chi connectivity index (χ3v) is 17.2. The molecule has 0 spiro atoms. The normalized spacial score (nSPS) is 35.9. The van der Waals surface area contributed by atoms with Crippen molar-refractivity contribution >= 4 is 46.8 Å². The molecule has 3 N–H and O–H groups in total. The second-order valence-corrected chi connectivity index (χ2v) is 21.3. The smallest absolute Gasteiger partial charge is 0.264 e. The SMILES string of the molecule is CC1(C)CC[C@]2(C(=O)NCCCCCNc3cccc4c3C(=O)N(C3CCC(=O)NC3=O)C4=O)CC[C@]3(C)[C@H](C(=O)C=C4[C@@]5(C)C=C(C#N)C(=O)C(C)(C)[C@@H]5CC[C@]43C)[C@@H]2C1. The van der Waals surface area contributed by atoms with E-state index < -0.39 is 51.3 Å². The van der Waals surface area contributed by atoms with E-state index in [2.05, 4.69) is 56.6 Å². The average molecular weight is 832 g/mol. The fraction of sp³-hybridized carbons (Fsp3) is 0.633. The Morgan fingerprint density at radius 2 is 1.61 bits per heavy atom. The molecule has 5 amide bonds. The van der Waals surface area contributed by atoms with Crippen LogP contribution in [0.5, 0.6) is 0 Å². The molecule has 1 saturated heterocycles. The van der Waals surface area contributed by atoms with Crippen molar-refractivity contribution in [3.63, 3.8) is 0 Å². The molecule has 5 aliphatic carbocycles. The zero-order valence-corrected chi connectivity index (χ0v) is 36.8. The molecule has 3 saturated carbocycles. The Hall–Kier alpha value is -4.92. The number of hydrogen-bond donors (Lipinski definition) is 3. The number of allylic oxidation sites excluding steroid dienone is 4. The highest BCUT2D eigenvalue weighted by Gasteiger charge is 2.71. The Bertz CT molecular complexity index is 2270. The monoisotopic (exact) mass is 831 g/mol. The van der Waals surface area contributed by atoms with Crippen LogP contribution in [0.2, 0.25) is 0 Å². The highest BCUT2D eigenvalue weighted by atomic mass is 16.2. The summed E-state index contributed by atoms with van der Waals surface area (Å²) in [5.74, 6) is -2.59. The van der Waals surface area contributed by atoms with E-state index in [0.717, 1.165) is 68.3 Å². The van der Waals surface area contributed by atoms with Crippen LogP contribution in [0.1, 0.15) is 146 Å². The lowest BCUT2D eigenvalue weighted by atomic mass is 9.34. The third kappa shape index (κ3) is 6.29. The van der Waals surface area contributed by atoms with Crippen LogP contribution >= 0.6 is 0 Å². The number of nitrogens with one attached hydrogen (secondary N) is 3. The van der Waals surface area contributed by atoms with Crippen molar-refractivity contribution in [2.75, 3.05) is 18.4 Å². The van der Waals surface area contributed by atoms with Gasteiger partial charge in [-0.3, -0.25) is 43.8 Å². The molecule has 2 heterocycles. The van der Waals surface area contributed by atoms with Gasteiger partial charge in [-0.05, 0) is 117 Å². The van der Waals surface area contributed by atoms with Crippen LogP contribution in [-0.2, 0) is 24.0 Å². The van der Waals surface area contributed by atoms with Crippen LogP contribution in [0.25, 0.3) is 0 Å². The number of benzene rings is 1. The number of carbonyl (C=O) groups is 7. The van der Waals surface area contributed by atoms with Gasteiger partial charge in [-0.2, -0.15) is 5.26 Å². The summed E-state index contributed by atoms with van der Waals surface area (Å²) in [6.07, 6.45) is 11.8. The fourth-order valence-electron chi connectivity index (χ4n) is 13.7. The Balaban J connectivity index is 0.933. The van der Waals surface area contributed by atoms with Crippen LogP contribution in [0, 0.1) is 61.6 Å². The summed E-state index contributed by atoms with van der Waals surface area (Å²) >= 11 is 0. The number of Topliss-reactive ketones (excluding diaryl/α,β-unsaturated/α-hetero) is 1. The molecule has 61 heavy (non-hydrogen) atoms. The maximum absolute atomic E-state index is 14.9. The first kappa shape index (κ1) is 42.8. The first-order chi connectivity index (χ1) is 28.7. The zero-order valence-electron chi connectivity index (χ0n) is 36.8. The molecule has 8 rings (SSSR count). The van der Waals surface area contributed by atoms with Gasteiger partial charge in [0.1, 0.15) is 12.1 Å². The molecule has 1 unspecified atom stereocenters. The van der Waals surface area contributed by atoms with Gasteiger partial charge < -0.3 is 10.6 Å². The molecule has 4 fully saturated rings. The number of fused-ring (bicyclic) bond motifs is 8. The molecule has 0 radical (unpaired) electrons. The number of piperidine rings is 1. The van der Waals surface area contributed by atoms with Gasteiger partial charge in [0.2, 0.25) is 17.7 Å². The fourth-order valence-corrected chi connectivity index (χ4v) is 13.7. The topological polar surface area (TPSA) is 183 Å². The largest absolute Gasteiger partial charge is 0.384 e. The van der Waals surface area contributed by atoms with Crippen LogP contribution in [0.3, 0.4) is 0 Å². The van der Waals surface area contributed by atoms with Gasteiger partial charge in [0.15, 0.2) is 11.6 Å². The molecule has 0 aromatic heterocycles. The predicted octanol–water partition coefficient (Wildman–Crippen LogP) is 7.01. The number of nitriles is 1. The molecule has 12 heteroatoms. The Labute approximate surface area is 359 Å². The van der Waals surface area contributed by atoms with E-state index in [9.17, 15) is 38.8 Å². The summed E-state index contributed by atoms with van der Waals surface area (Å²) in [6.45, 7) is 16.2. The Morgan fingerprint density at radius 1 is 0.885 bits per heavy atom. The molecular weight excluding hydrogens is 771 g/mol. The highest BCUT2D eigenvalue weighted by Crippen LogP contribution is 2.74. The van der Waals surface area contributed by atoms with Crippen molar-refractivity contribution in [2.45, 2.75) is 132 Å². The summed E-state index contributed by atoms with van der Waals surface area (Å²) < 4.78 is 0. The van der Waals surface area contributed by atoms with Crippen molar-refractivity contribution in [3.8, 4) is 6.07 Å². The molecule has 7 aliphatic rings. The summed E-state index contributed by atoms with van der Waals surface area (Å²) in [5.41, 5.74) is -0.528.